The standard InChI is InChI=1S/C14H17BrN4O2/c1-20-12-8-10(15)2-3-11(12)14-17-13(18-21-14)9-19-6-4-16-5-7-19/h2-3,8,16H,4-7,9H2,1H3. The Kier molecular flexibility index (Phi) is 4.52. The van der Waals surface area contributed by atoms with Gasteiger partial charge in [0.1, 0.15) is 5.75 Å². The zero-order valence-electron chi connectivity index (χ0n) is 11.8. The number of benzene rings is 1. The topological polar surface area (TPSA) is 63.4 Å². The maximum absolute atomic E-state index is 5.38. The van der Waals surface area contributed by atoms with Gasteiger partial charge in [-0.2, -0.15) is 4.98 Å². The van der Waals surface area contributed by atoms with Gasteiger partial charge in [-0.05, 0) is 18.2 Å². The van der Waals surface area contributed by atoms with E-state index in [2.05, 4.69) is 36.3 Å². The lowest BCUT2D eigenvalue weighted by Crippen LogP contribution is -2.43. The zero-order valence-corrected chi connectivity index (χ0v) is 13.4. The first kappa shape index (κ1) is 14.5. The summed E-state index contributed by atoms with van der Waals surface area (Å²) in [5.74, 6) is 1.91. The van der Waals surface area contributed by atoms with Crippen LogP contribution in [0, 0.1) is 0 Å². The molecular weight excluding hydrogens is 336 g/mol. The highest BCUT2D eigenvalue weighted by Crippen LogP contribution is 2.31. The summed E-state index contributed by atoms with van der Waals surface area (Å²) in [5, 5.41) is 7.39. The Balaban J connectivity index is 1.78. The van der Waals surface area contributed by atoms with Crippen LogP contribution in [0.4, 0.5) is 0 Å². The van der Waals surface area contributed by atoms with Crippen molar-refractivity contribution < 1.29 is 9.26 Å². The highest BCUT2D eigenvalue weighted by molar-refractivity contribution is 9.10. The van der Waals surface area contributed by atoms with Gasteiger partial charge < -0.3 is 14.6 Å². The van der Waals surface area contributed by atoms with E-state index in [0.29, 0.717) is 24.0 Å². The van der Waals surface area contributed by atoms with Crippen molar-refractivity contribution in [2.75, 3.05) is 33.3 Å². The van der Waals surface area contributed by atoms with Crippen LogP contribution in [0.15, 0.2) is 27.2 Å². The van der Waals surface area contributed by atoms with Crippen LogP contribution in [0.3, 0.4) is 0 Å². The Hall–Kier alpha value is -1.44. The summed E-state index contributed by atoms with van der Waals surface area (Å²) in [6, 6.07) is 5.72. The molecule has 0 unspecified atom stereocenters. The molecular formula is C14H17BrN4O2. The first-order chi connectivity index (χ1) is 10.3. The lowest BCUT2D eigenvalue weighted by molar-refractivity contribution is 0.225. The fourth-order valence-electron chi connectivity index (χ4n) is 2.34. The first-order valence-corrected chi connectivity index (χ1v) is 7.65. The van der Waals surface area contributed by atoms with Gasteiger partial charge in [-0.25, -0.2) is 0 Å². The molecule has 1 fully saturated rings. The molecule has 112 valence electrons. The van der Waals surface area contributed by atoms with Gasteiger partial charge in [0, 0.05) is 30.7 Å². The number of methoxy groups -OCH3 is 1. The molecule has 1 aromatic carbocycles. The molecule has 0 saturated carbocycles. The maximum Gasteiger partial charge on any atom is 0.261 e. The third-order valence-electron chi connectivity index (χ3n) is 3.44. The first-order valence-electron chi connectivity index (χ1n) is 6.86. The molecule has 0 amide bonds. The normalized spacial score (nSPS) is 16.1. The van der Waals surface area contributed by atoms with Crippen molar-refractivity contribution in [3.8, 4) is 17.2 Å². The number of piperazine rings is 1. The van der Waals surface area contributed by atoms with Crippen molar-refractivity contribution in [2.45, 2.75) is 6.54 Å². The number of hydrogen-bond acceptors (Lipinski definition) is 6. The molecule has 0 spiro atoms. The van der Waals surface area contributed by atoms with Gasteiger partial charge in [0.2, 0.25) is 0 Å². The van der Waals surface area contributed by atoms with E-state index in [9.17, 15) is 0 Å². The molecule has 0 aliphatic carbocycles. The lowest BCUT2D eigenvalue weighted by Gasteiger charge is -2.25. The molecule has 3 rings (SSSR count). The molecule has 21 heavy (non-hydrogen) atoms. The SMILES string of the molecule is COc1cc(Br)ccc1-c1nc(CN2CCNCC2)no1. The van der Waals surface area contributed by atoms with Crippen LogP contribution in [-0.2, 0) is 6.54 Å². The third-order valence-corrected chi connectivity index (χ3v) is 3.93. The van der Waals surface area contributed by atoms with E-state index in [1.165, 1.54) is 0 Å². The molecule has 6 nitrogen and oxygen atoms in total. The summed E-state index contributed by atoms with van der Waals surface area (Å²) in [5.41, 5.74) is 0.805. The largest absolute Gasteiger partial charge is 0.496 e. The molecule has 7 heteroatoms. The second-order valence-corrected chi connectivity index (χ2v) is 5.80. The summed E-state index contributed by atoms with van der Waals surface area (Å²) in [7, 11) is 1.63. The third kappa shape index (κ3) is 3.42. The van der Waals surface area contributed by atoms with E-state index in [-0.39, 0.29) is 0 Å². The molecule has 1 N–H and O–H groups in total. The summed E-state index contributed by atoms with van der Waals surface area (Å²) in [6.07, 6.45) is 0. The highest BCUT2D eigenvalue weighted by Gasteiger charge is 2.17. The van der Waals surface area contributed by atoms with Crippen molar-refractivity contribution in [3.05, 3.63) is 28.5 Å². The number of aromatic nitrogens is 2. The molecule has 1 aromatic heterocycles. The minimum Gasteiger partial charge on any atom is -0.496 e. The average molecular weight is 353 g/mol. The summed E-state index contributed by atoms with van der Waals surface area (Å²) in [6.45, 7) is 4.73. The Morgan fingerprint density at radius 1 is 1.38 bits per heavy atom. The predicted octanol–water partition coefficient (Wildman–Crippen LogP) is 1.91. The minimum atomic E-state index is 0.490. The molecule has 1 saturated heterocycles. The van der Waals surface area contributed by atoms with Gasteiger partial charge in [-0.3, -0.25) is 4.90 Å². The Labute approximate surface area is 131 Å². The van der Waals surface area contributed by atoms with Crippen LogP contribution < -0.4 is 10.1 Å². The fraction of sp³-hybridized carbons (Fsp3) is 0.429. The Morgan fingerprint density at radius 3 is 2.95 bits per heavy atom. The monoisotopic (exact) mass is 352 g/mol. The molecule has 0 radical (unpaired) electrons. The van der Waals surface area contributed by atoms with Crippen molar-refractivity contribution in [1.82, 2.24) is 20.4 Å². The van der Waals surface area contributed by atoms with Crippen LogP contribution in [0.25, 0.3) is 11.5 Å². The minimum absolute atomic E-state index is 0.490. The van der Waals surface area contributed by atoms with Gasteiger partial charge in [0.25, 0.3) is 5.89 Å². The van der Waals surface area contributed by atoms with E-state index in [4.69, 9.17) is 9.26 Å². The number of nitrogens with one attached hydrogen (secondary N) is 1. The van der Waals surface area contributed by atoms with Gasteiger partial charge in [0.05, 0.1) is 19.2 Å². The molecule has 2 heterocycles. The number of rotatable bonds is 4. The maximum atomic E-state index is 5.38. The van der Waals surface area contributed by atoms with E-state index in [1.54, 1.807) is 7.11 Å². The summed E-state index contributed by atoms with van der Waals surface area (Å²) < 4.78 is 11.7. The van der Waals surface area contributed by atoms with E-state index >= 15 is 0 Å². The van der Waals surface area contributed by atoms with Crippen molar-refractivity contribution in [1.29, 1.82) is 0 Å². The lowest BCUT2D eigenvalue weighted by atomic mass is 10.2. The fourth-order valence-corrected chi connectivity index (χ4v) is 2.68. The number of hydrogen-bond donors (Lipinski definition) is 1. The quantitative estimate of drug-likeness (QED) is 0.906. The van der Waals surface area contributed by atoms with E-state index in [1.807, 2.05) is 18.2 Å². The Bertz CT molecular complexity index is 611. The van der Waals surface area contributed by atoms with Crippen LogP contribution in [-0.4, -0.2) is 48.3 Å². The van der Waals surface area contributed by atoms with Gasteiger partial charge in [-0.15, -0.1) is 0 Å². The Morgan fingerprint density at radius 2 is 2.19 bits per heavy atom. The van der Waals surface area contributed by atoms with Crippen molar-refractivity contribution in [3.63, 3.8) is 0 Å². The van der Waals surface area contributed by atoms with E-state index in [0.717, 1.165) is 36.2 Å². The second-order valence-electron chi connectivity index (χ2n) is 4.89. The molecule has 0 bridgehead atoms. The van der Waals surface area contributed by atoms with Gasteiger partial charge in [-0.1, -0.05) is 21.1 Å². The van der Waals surface area contributed by atoms with E-state index < -0.39 is 0 Å². The second kappa shape index (κ2) is 6.55. The molecule has 1 aliphatic heterocycles. The van der Waals surface area contributed by atoms with Crippen molar-refractivity contribution >= 4 is 15.9 Å². The number of nitrogens with zero attached hydrogens (tertiary/aromatic N) is 3. The highest BCUT2D eigenvalue weighted by atomic mass is 79.9. The van der Waals surface area contributed by atoms with Crippen molar-refractivity contribution in [2.24, 2.45) is 0 Å². The van der Waals surface area contributed by atoms with Gasteiger partial charge >= 0.3 is 0 Å². The zero-order chi connectivity index (χ0) is 14.7. The number of halogens is 1. The molecule has 2 aromatic rings. The van der Waals surface area contributed by atoms with Gasteiger partial charge in [0.15, 0.2) is 5.82 Å². The smallest absolute Gasteiger partial charge is 0.261 e. The molecule has 0 atom stereocenters. The summed E-state index contributed by atoms with van der Waals surface area (Å²) >= 11 is 3.42. The van der Waals surface area contributed by atoms with Crippen LogP contribution in [0.5, 0.6) is 5.75 Å². The number of ether oxygens (including phenoxy) is 1. The average Bonchev–Trinajstić information content (AvgIpc) is 2.96. The predicted molar refractivity (Wildman–Crippen MR) is 82.1 cm³/mol. The summed E-state index contributed by atoms with van der Waals surface area (Å²) in [4.78, 5) is 6.79. The van der Waals surface area contributed by atoms with Crippen LogP contribution in [0.1, 0.15) is 5.82 Å². The molecule has 1 aliphatic rings. The van der Waals surface area contributed by atoms with Crippen LogP contribution >= 0.6 is 15.9 Å². The van der Waals surface area contributed by atoms with Crippen LogP contribution in [0.2, 0.25) is 0 Å².